The number of ether oxygens (including phenoxy) is 2. The Labute approximate surface area is 119 Å². The van der Waals surface area contributed by atoms with Gasteiger partial charge in [-0.2, -0.15) is 0 Å². The van der Waals surface area contributed by atoms with Crippen LogP contribution in [-0.2, 0) is 22.4 Å². The third-order valence-electron chi connectivity index (χ3n) is 3.40. The van der Waals surface area contributed by atoms with Gasteiger partial charge in [0.25, 0.3) is 0 Å². The van der Waals surface area contributed by atoms with E-state index < -0.39 is 0 Å². The lowest BCUT2D eigenvalue weighted by Gasteiger charge is -2.17. The van der Waals surface area contributed by atoms with Crippen LogP contribution in [0, 0.1) is 0 Å². The molecule has 2 aromatic rings. The Bertz CT molecular complexity index is 565. The van der Waals surface area contributed by atoms with Crippen molar-refractivity contribution in [2.75, 3.05) is 26.6 Å². The maximum absolute atomic E-state index is 5.84. The summed E-state index contributed by atoms with van der Waals surface area (Å²) in [6.45, 7) is 3.46. The molecule has 0 bridgehead atoms. The molecule has 1 aromatic heterocycles. The molecule has 2 N–H and O–H groups in total. The Kier molecular flexibility index (Phi) is 4.98. The molecule has 20 heavy (non-hydrogen) atoms. The lowest BCUT2D eigenvalue weighted by atomic mass is 10.2. The molecule has 0 aliphatic rings. The molecule has 1 aromatic carbocycles. The Morgan fingerprint density at radius 1 is 1.35 bits per heavy atom. The zero-order chi connectivity index (χ0) is 14.5. The molecule has 5 nitrogen and oxygen atoms in total. The minimum absolute atomic E-state index is 0.0190. The first kappa shape index (κ1) is 14.8. The molecule has 0 spiro atoms. The van der Waals surface area contributed by atoms with E-state index in [9.17, 15) is 0 Å². The molecule has 110 valence electrons. The number of aromatic nitrogens is 2. The highest BCUT2D eigenvalue weighted by atomic mass is 16.5. The van der Waals surface area contributed by atoms with Crippen LogP contribution in [0.3, 0.4) is 0 Å². The molecule has 0 fully saturated rings. The number of nitrogens with two attached hydrogens (primary N) is 1. The van der Waals surface area contributed by atoms with E-state index >= 15 is 0 Å². The maximum Gasteiger partial charge on any atom is 0.109 e. The van der Waals surface area contributed by atoms with Gasteiger partial charge in [-0.25, -0.2) is 4.98 Å². The van der Waals surface area contributed by atoms with Gasteiger partial charge in [0.2, 0.25) is 0 Å². The lowest BCUT2D eigenvalue weighted by molar-refractivity contribution is 0.0185. The number of hydrogen-bond acceptors (Lipinski definition) is 4. The Balaban J connectivity index is 2.39. The van der Waals surface area contributed by atoms with Crippen molar-refractivity contribution in [3.63, 3.8) is 0 Å². The number of rotatable bonds is 7. The Hall–Kier alpha value is -1.59. The van der Waals surface area contributed by atoms with E-state index in [1.807, 2.05) is 18.2 Å². The summed E-state index contributed by atoms with van der Waals surface area (Å²) in [5, 5.41) is 0. The smallest absolute Gasteiger partial charge is 0.109 e. The van der Waals surface area contributed by atoms with E-state index in [-0.39, 0.29) is 6.10 Å². The lowest BCUT2D eigenvalue weighted by Crippen LogP contribution is -2.24. The molecule has 1 atom stereocenters. The van der Waals surface area contributed by atoms with Gasteiger partial charge >= 0.3 is 0 Å². The average Bonchev–Trinajstić information content (AvgIpc) is 2.75. The molecular formula is C15H23N3O2. The van der Waals surface area contributed by atoms with E-state index in [1.54, 1.807) is 14.2 Å². The fourth-order valence-corrected chi connectivity index (χ4v) is 2.40. The Morgan fingerprint density at radius 3 is 2.80 bits per heavy atom. The SMILES string of the molecule is CCCc1nc2cc(N)ccc2n1CC(COC)OC. The van der Waals surface area contributed by atoms with Gasteiger partial charge in [0.05, 0.1) is 30.3 Å². The topological polar surface area (TPSA) is 62.3 Å². The molecule has 1 unspecified atom stereocenters. The fourth-order valence-electron chi connectivity index (χ4n) is 2.40. The van der Waals surface area contributed by atoms with Crippen molar-refractivity contribution < 1.29 is 9.47 Å². The summed E-state index contributed by atoms with van der Waals surface area (Å²) in [7, 11) is 3.39. The molecule has 0 amide bonds. The van der Waals surface area contributed by atoms with Gasteiger partial charge in [0, 0.05) is 26.3 Å². The number of aryl methyl sites for hydroxylation is 1. The van der Waals surface area contributed by atoms with Crippen LogP contribution in [0.4, 0.5) is 5.69 Å². The van der Waals surface area contributed by atoms with Crippen LogP contribution in [0.5, 0.6) is 0 Å². The number of nitrogens with zero attached hydrogens (tertiary/aromatic N) is 2. The Morgan fingerprint density at radius 2 is 2.15 bits per heavy atom. The molecule has 0 aliphatic heterocycles. The highest BCUT2D eigenvalue weighted by Gasteiger charge is 2.15. The van der Waals surface area contributed by atoms with E-state index in [0.717, 1.165) is 41.9 Å². The van der Waals surface area contributed by atoms with Crippen molar-refractivity contribution in [3.05, 3.63) is 24.0 Å². The van der Waals surface area contributed by atoms with Gasteiger partial charge in [-0.15, -0.1) is 0 Å². The van der Waals surface area contributed by atoms with Gasteiger partial charge in [-0.1, -0.05) is 6.92 Å². The fraction of sp³-hybridized carbons (Fsp3) is 0.533. The van der Waals surface area contributed by atoms with Crippen LogP contribution < -0.4 is 5.73 Å². The van der Waals surface area contributed by atoms with Crippen molar-refractivity contribution in [1.29, 1.82) is 0 Å². The monoisotopic (exact) mass is 277 g/mol. The summed E-state index contributed by atoms with van der Waals surface area (Å²) >= 11 is 0. The van der Waals surface area contributed by atoms with Crippen LogP contribution in [0.15, 0.2) is 18.2 Å². The molecular weight excluding hydrogens is 254 g/mol. The molecule has 5 heteroatoms. The number of imidazole rings is 1. The van der Waals surface area contributed by atoms with Crippen molar-refractivity contribution in [1.82, 2.24) is 9.55 Å². The summed E-state index contributed by atoms with van der Waals surface area (Å²) in [5.74, 6) is 1.08. The molecule has 1 heterocycles. The third-order valence-corrected chi connectivity index (χ3v) is 3.40. The largest absolute Gasteiger partial charge is 0.399 e. The van der Waals surface area contributed by atoms with Crippen molar-refractivity contribution >= 4 is 16.7 Å². The predicted molar refractivity (Wildman–Crippen MR) is 80.8 cm³/mol. The van der Waals surface area contributed by atoms with E-state index in [2.05, 4.69) is 11.5 Å². The summed E-state index contributed by atoms with van der Waals surface area (Å²) < 4.78 is 12.9. The normalized spacial score (nSPS) is 12.9. The minimum atomic E-state index is 0.0190. The maximum atomic E-state index is 5.84. The highest BCUT2D eigenvalue weighted by Crippen LogP contribution is 2.21. The predicted octanol–water partition coefficient (Wildman–Crippen LogP) is 2.23. The van der Waals surface area contributed by atoms with Crippen LogP contribution in [-0.4, -0.2) is 36.5 Å². The molecule has 0 aliphatic carbocycles. The van der Waals surface area contributed by atoms with Crippen molar-refractivity contribution in [2.24, 2.45) is 0 Å². The van der Waals surface area contributed by atoms with E-state index in [4.69, 9.17) is 20.2 Å². The van der Waals surface area contributed by atoms with Gasteiger partial charge in [0.15, 0.2) is 0 Å². The second-order valence-electron chi connectivity index (χ2n) is 4.95. The number of methoxy groups -OCH3 is 2. The number of fused-ring (bicyclic) bond motifs is 1. The van der Waals surface area contributed by atoms with Gasteiger partial charge in [-0.3, -0.25) is 0 Å². The molecule has 0 saturated heterocycles. The first-order chi connectivity index (χ1) is 9.69. The second kappa shape index (κ2) is 6.72. The van der Waals surface area contributed by atoms with Crippen molar-refractivity contribution in [2.45, 2.75) is 32.4 Å². The van der Waals surface area contributed by atoms with Gasteiger partial charge in [0.1, 0.15) is 5.82 Å². The zero-order valence-corrected chi connectivity index (χ0v) is 12.4. The molecule has 2 rings (SSSR count). The summed E-state index contributed by atoms with van der Waals surface area (Å²) in [6, 6.07) is 5.86. The minimum Gasteiger partial charge on any atom is -0.399 e. The average molecular weight is 277 g/mol. The second-order valence-corrected chi connectivity index (χ2v) is 4.95. The van der Waals surface area contributed by atoms with Crippen LogP contribution >= 0.6 is 0 Å². The van der Waals surface area contributed by atoms with E-state index in [1.165, 1.54) is 0 Å². The summed E-state index contributed by atoms with van der Waals surface area (Å²) in [4.78, 5) is 4.70. The van der Waals surface area contributed by atoms with E-state index in [0.29, 0.717) is 6.61 Å². The molecule has 0 saturated carbocycles. The number of anilines is 1. The highest BCUT2D eigenvalue weighted by molar-refractivity contribution is 5.79. The first-order valence-corrected chi connectivity index (χ1v) is 6.96. The first-order valence-electron chi connectivity index (χ1n) is 6.96. The van der Waals surface area contributed by atoms with Gasteiger partial charge in [-0.05, 0) is 24.6 Å². The zero-order valence-electron chi connectivity index (χ0n) is 12.4. The molecule has 0 radical (unpaired) electrons. The number of benzene rings is 1. The van der Waals surface area contributed by atoms with Crippen LogP contribution in [0.25, 0.3) is 11.0 Å². The standard InChI is InChI=1S/C15H23N3O2/c1-4-5-15-17-13-8-11(16)6-7-14(13)18(15)9-12(20-3)10-19-2/h6-8,12H,4-5,9-10,16H2,1-3H3. The third kappa shape index (κ3) is 3.11. The number of nitrogen functional groups attached to an aromatic ring is 1. The van der Waals surface area contributed by atoms with Gasteiger partial charge < -0.3 is 19.8 Å². The summed E-state index contributed by atoms with van der Waals surface area (Å²) in [6.07, 6.45) is 2.02. The summed E-state index contributed by atoms with van der Waals surface area (Å²) in [5.41, 5.74) is 8.62. The van der Waals surface area contributed by atoms with Crippen molar-refractivity contribution in [3.8, 4) is 0 Å². The van der Waals surface area contributed by atoms with Crippen LogP contribution in [0.2, 0.25) is 0 Å². The quantitative estimate of drug-likeness (QED) is 0.788. The number of hydrogen-bond donors (Lipinski definition) is 1. The van der Waals surface area contributed by atoms with Crippen LogP contribution in [0.1, 0.15) is 19.2 Å².